The normalized spacial score (nSPS) is 22.1. The number of sulfone groups is 1. The first-order valence-electron chi connectivity index (χ1n) is 8.73. The molecule has 2 atom stereocenters. The van der Waals surface area contributed by atoms with Gasteiger partial charge in [0.2, 0.25) is 0 Å². The van der Waals surface area contributed by atoms with Crippen molar-refractivity contribution in [2.45, 2.75) is 28.8 Å². The third-order valence-electron chi connectivity index (χ3n) is 4.72. The van der Waals surface area contributed by atoms with Crippen molar-refractivity contribution >= 4 is 27.3 Å². The van der Waals surface area contributed by atoms with Crippen LogP contribution in [0.2, 0.25) is 5.02 Å². The van der Waals surface area contributed by atoms with E-state index in [-0.39, 0.29) is 24.5 Å². The molecule has 1 heterocycles. The molecule has 0 radical (unpaired) electrons. The minimum Gasteiger partial charge on any atom is -0.489 e. The quantitative estimate of drug-likeness (QED) is 0.460. The second-order valence-corrected chi connectivity index (χ2v) is 9.19. The molecule has 0 spiro atoms. The summed E-state index contributed by atoms with van der Waals surface area (Å²) in [6, 6.07) is 12.8. The number of hydrogen-bond acceptors (Lipinski definition) is 7. The Hall–Kier alpha value is -2.17. The standard InChI is InChI=1S/C19H20ClNO7S/c20-14-3-1-13(2-4-14)11-28-15-5-7-16(8-6-15)29(25,26)17-9-10-27-12-19(17,23)18(22)21-24/h1-8,17,23-24H,9-12H2,(H,21,22)/t17-,19-/m1/s1. The molecule has 0 bridgehead atoms. The first-order chi connectivity index (χ1) is 13.8. The van der Waals surface area contributed by atoms with Crippen LogP contribution in [0.1, 0.15) is 12.0 Å². The van der Waals surface area contributed by atoms with E-state index in [1.807, 2.05) is 12.1 Å². The van der Waals surface area contributed by atoms with Gasteiger partial charge in [0.1, 0.15) is 17.6 Å². The molecule has 10 heteroatoms. The first kappa shape index (κ1) is 21.5. The van der Waals surface area contributed by atoms with E-state index in [0.29, 0.717) is 10.8 Å². The fraction of sp³-hybridized carbons (Fsp3) is 0.316. The number of carbonyl (C=O) groups is 1. The number of halogens is 1. The second-order valence-electron chi connectivity index (χ2n) is 6.63. The number of nitrogens with one attached hydrogen (secondary N) is 1. The summed E-state index contributed by atoms with van der Waals surface area (Å²) >= 11 is 5.84. The van der Waals surface area contributed by atoms with Crippen molar-refractivity contribution in [3.05, 3.63) is 59.1 Å². The van der Waals surface area contributed by atoms with Crippen molar-refractivity contribution in [3.63, 3.8) is 0 Å². The third kappa shape index (κ3) is 4.54. The predicted molar refractivity (Wildman–Crippen MR) is 104 cm³/mol. The van der Waals surface area contributed by atoms with Gasteiger partial charge in [-0.15, -0.1) is 0 Å². The van der Waals surface area contributed by atoms with E-state index in [2.05, 4.69) is 0 Å². The van der Waals surface area contributed by atoms with E-state index >= 15 is 0 Å². The van der Waals surface area contributed by atoms with E-state index in [1.54, 1.807) is 12.1 Å². The summed E-state index contributed by atoms with van der Waals surface area (Å²) in [6.07, 6.45) is -0.0962. The van der Waals surface area contributed by atoms with Gasteiger partial charge in [0.15, 0.2) is 15.4 Å². The zero-order valence-corrected chi connectivity index (χ0v) is 16.8. The Kier molecular flexibility index (Phi) is 6.45. The highest BCUT2D eigenvalue weighted by Crippen LogP contribution is 2.32. The maximum atomic E-state index is 13.0. The second kappa shape index (κ2) is 8.68. The van der Waals surface area contributed by atoms with Crippen LogP contribution in [0.15, 0.2) is 53.4 Å². The van der Waals surface area contributed by atoms with Crippen molar-refractivity contribution in [1.82, 2.24) is 5.48 Å². The van der Waals surface area contributed by atoms with Crippen LogP contribution >= 0.6 is 11.6 Å². The summed E-state index contributed by atoms with van der Waals surface area (Å²) in [5.74, 6) is -0.775. The van der Waals surface area contributed by atoms with Crippen molar-refractivity contribution in [1.29, 1.82) is 0 Å². The van der Waals surface area contributed by atoms with Crippen molar-refractivity contribution in [3.8, 4) is 5.75 Å². The molecule has 1 aliphatic rings. The zero-order valence-electron chi connectivity index (χ0n) is 15.2. The lowest BCUT2D eigenvalue weighted by Gasteiger charge is -2.36. The average Bonchev–Trinajstić information content (AvgIpc) is 2.73. The van der Waals surface area contributed by atoms with Crippen LogP contribution in [0.25, 0.3) is 0 Å². The minimum absolute atomic E-state index is 0.0627. The highest BCUT2D eigenvalue weighted by atomic mass is 35.5. The molecular formula is C19H20ClNO7S. The van der Waals surface area contributed by atoms with Gasteiger partial charge < -0.3 is 14.6 Å². The summed E-state index contributed by atoms with van der Waals surface area (Å²) in [4.78, 5) is 11.8. The van der Waals surface area contributed by atoms with Crippen LogP contribution in [0.5, 0.6) is 5.75 Å². The van der Waals surface area contributed by atoms with E-state index in [1.165, 1.54) is 29.7 Å². The highest BCUT2D eigenvalue weighted by molar-refractivity contribution is 7.92. The van der Waals surface area contributed by atoms with E-state index in [4.69, 9.17) is 26.3 Å². The maximum absolute atomic E-state index is 13.0. The molecule has 1 amide bonds. The zero-order chi connectivity index (χ0) is 21.1. The van der Waals surface area contributed by atoms with Crippen molar-refractivity contribution in [2.75, 3.05) is 13.2 Å². The van der Waals surface area contributed by atoms with Crippen LogP contribution in [0, 0.1) is 0 Å². The third-order valence-corrected chi connectivity index (χ3v) is 7.28. The Balaban J connectivity index is 1.76. The molecule has 0 aliphatic carbocycles. The van der Waals surface area contributed by atoms with Crippen LogP contribution < -0.4 is 10.2 Å². The molecule has 1 fully saturated rings. The summed E-state index contributed by atoms with van der Waals surface area (Å²) in [5, 5.41) is 18.6. The van der Waals surface area contributed by atoms with Gasteiger partial charge in [-0.3, -0.25) is 10.0 Å². The maximum Gasteiger partial charge on any atom is 0.279 e. The Labute approximate surface area is 172 Å². The number of benzene rings is 2. The Morgan fingerprint density at radius 2 is 1.86 bits per heavy atom. The number of aliphatic hydroxyl groups is 1. The molecule has 0 unspecified atom stereocenters. The van der Waals surface area contributed by atoms with Gasteiger partial charge >= 0.3 is 0 Å². The number of carbonyl (C=O) groups excluding carboxylic acids is 1. The summed E-state index contributed by atoms with van der Waals surface area (Å²) in [6.45, 7) is -0.196. The SMILES string of the molecule is O=C(NO)[C@@]1(O)COCC[C@H]1S(=O)(=O)c1ccc(OCc2ccc(Cl)cc2)cc1. The van der Waals surface area contributed by atoms with Gasteiger partial charge in [0.05, 0.1) is 11.5 Å². The number of rotatable bonds is 6. The number of hydrogen-bond donors (Lipinski definition) is 3. The van der Waals surface area contributed by atoms with E-state index < -0.39 is 33.2 Å². The molecule has 1 aliphatic heterocycles. The van der Waals surface area contributed by atoms with E-state index in [0.717, 1.165) is 5.56 Å². The molecular weight excluding hydrogens is 422 g/mol. The van der Waals surface area contributed by atoms with Gasteiger partial charge in [0, 0.05) is 11.6 Å². The van der Waals surface area contributed by atoms with Gasteiger partial charge in [0.25, 0.3) is 5.91 Å². The predicted octanol–water partition coefficient (Wildman–Crippen LogP) is 1.72. The molecule has 1 saturated heterocycles. The fourth-order valence-electron chi connectivity index (χ4n) is 3.11. The Morgan fingerprint density at radius 1 is 1.21 bits per heavy atom. The lowest BCUT2D eigenvalue weighted by molar-refractivity contribution is -0.161. The number of hydroxylamine groups is 1. The van der Waals surface area contributed by atoms with Crippen LogP contribution in [-0.2, 0) is 26.0 Å². The Bertz CT molecular complexity index is 963. The lowest BCUT2D eigenvalue weighted by atomic mass is 9.95. The van der Waals surface area contributed by atoms with Gasteiger partial charge in [-0.2, -0.15) is 0 Å². The van der Waals surface area contributed by atoms with Crippen molar-refractivity contribution < 1.29 is 33.0 Å². The molecule has 0 saturated carbocycles. The van der Waals surface area contributed by atoms with Gasteiger partial charge in [-0.1, -0.05) is 23.7 Å². The molecule has 29 heavy (non-hydrogen) atoms. The highest BCUT2D eigenvalue weighted by Gasteiger charge is 2.53. The molecule has 156 valence electrons. The minimum atomic E-state index is -4.09. The molecule has 3 N–H and O–H groups in total. The summed E-state index contributed by atoms with van der Waals surface area (Å²) in [5.41, 5.74) is -0.185. The van der Waals surface area contributed by atoms with Crippen LogP contribution in [-0.4, -0.2) is 48.7 Å². The van der Waals surface area contributed by atoms with Gasteiger partial charge in [-0.05, 0) is 48.4 Å². The lowest BCUT2D eigenvalue weighted by Crippen LogP contribution is -2.62. The number of ether oxygens (including phenoxy) is 2. The molecule has 2 aromatic carbocycles. The van der Waals surface area contributed by atoms with Gasteiger partial charge in [-0.25, -0.2) is 13.9 Å². The van der Waals surface area contributed by atoms with Crippen LogP contribution in [0.3, 0.4) is 0 Å². The largest absolute Gasteiger partial charge is 0.489 e. The first-order valence-corrected chi connectivity index (χ1v) is 10.7. The Morgan fingerprint density at radius 3 is 2.48 bits per heavy atom. The summed E-state index contributed by atoms with van der Waals surface area (Å²) in [7, 11) is -4.09. The van der Waals surface area contributed by atoms with E-state index in [9.17, 15) is 18.3 Å². The average molecular weight is 442 g/mol. The molecule has 3 rings (SSSR count). The topological polar surface area (TPSA) is 122 Å². The van der Waals surface area contributed by atoms with Crippen LogP contribution in [0.4, 0.5) is 0 Å². The summed E-state index contributed by atoms with van der Waals surface area (Å²) < 4.78 is 36.7. The molecule has 2 aromatic rings. The molecule has 8 nitrogen and oxygen atoms in total. The smallest absolute Gasteiger partial charge is 0.279 e. The van der Waals surface area contributed by atoms with Crippen molar-refractivity contribution in [2.24, 2.45) is 0 Å². The monoisotopic (exact) mass is 441 g/mol. The molecule has 0 aromatic heterocycles. The fourth-order valence-corrected chi connectivity index (χ4v) is 5.17. The number of amides is 1.